The van der Waals surface area contributed by atoms with Gasteiger partial charge in [-0.2, -0.15) is 9.78 Å². The third-order valence-corrected chi connectivity index (χ3v) is 5.55. The molecule has 0 aliphatic rings. The quantitative estimate of drug-likeness (QED) is 0.492. The second kappa shape index (κ2) is 8.11. The van der Waals surface area contributed by atoms with Crippen molar-refractivity contribution < 1.29 is 13.9 Å². The van der Waals surface area contributed by atoms with Crippen molar-refractivity contribution in [3.8, 4) is 16.5 Å². The average Bonchev–Trinajstić information content (AvgIpc) is 3.28. The average molecular weight is 440 g/mol. The van der Waals surface area contributed by atoms with E-state index in [1.165, 1.54) is 23.0 Å². The van der Waals surface area contributed by atoms with Gasteiger partial charge in [-0.25, -0.2) is 14.2 Å². The van der Waals surface area contributed by atoms with E-state index >= 15 is 0 Å². The fraction of sp³-hybridized carbons (Fsp3) is 0.150. The molecule has 11 heteroatoms. The predicted molar refractivity (Wildman–Crippen MR) is 111 cm³/mol. The zero-order valence-corrected chi connectivity index (χ0v) is 17.4. The highest BCUT2D eigenvalue weighted by atomic mass is 32.1. The Morgan fingerprint density at radius 2 is 2.10 bits per heavy atom. The Kier molecular flexibility index (Phi) is 5.34. The van der Waals surface area contributed by atoms with Crippen LogP contribution >= 0.6 is 11.3 Å². The molecule has 0 saturated carbocycles. The van der Waals surface area contributed by atoms with E-state index in [1.807, 2.05) is 19.1 Å². The zero-order valence-electron chi connectivity index (χ0n) is 16.6. The van der Waals surface area contributed by atoms with Crippen LogP contribution < -0.4 is 16.2 Å². The van der Waals surface area contributed by atoms with Gasteiger partial charge in [-0.3, -0.25) is 14.3 Å². The number of amides is 1. The van der Waals surface area contributed by atoms with Crippen LogP contribution in [-0.4, -0.2) is 30.2 Å². The molecule has 4 aromatic rings. The molecule has 0 aliphatic carbocycles. The van der Waals surface area contributed by atoms with Crippen molar-refractivity contribution in [2.45, 2.75) is 20.4 Å². The number of pyridine rings is 1. The lowest BCUT2D eigenvalue weighted by atomic mass is 10.2. The molecular formula is C20H17FN6O3S. The normalized spacial score (nSPS) is 10.9. The lowest BCUT2D eigenvalue weighted by molar-refractivity contribution is 0.1000. The van der Waals surface area contributed by atoms with Gasteiger partial charge in [0.05, 0.1) is 23.6 Å². The highest BCUT2D eigenvalue weighted by Crippen LogP contribution is 2.33. The lowest BCUT2D eigenvalue weighted by Gasteiger charge is -2.07. The molecule has 3 heterocycles. The van der Waals surface area contributed by atoms with Gasteiger partial charge < -0.3 is 10.5 Å². The van der Waals surface area contributed by atoms with Crippen molar-refractivity contribution in [1.29, 1.82) is 0 Å². The van der Waals surface area contributed by atoms with E-state index < -0.39 is 17.4 Å². The number of nitrogens with two attached hydrogens (primary N) is 1. The summed E-state index contributed by atoms with van der Waals surface area (Å²) in [6.45, 7) is 3.78. The molecule has 0 radical (unpaired) electrons. The monoisotopic (exact) mass is 440 g/mol. The Labute approximate surface area is 179 Å². The minimum Gasteiger partial charge on any atom is -0.442 e. The standard InChI is InChI=1S/C20H17FN6O3S/c1-11-4-3-7-23-15(11)9-26-10-24-27(20(26)29)13-5-6-16(14(21)8-13)30-19-12(2)25-18(31-19)17(22)28/h3-8,10H,9H2,1-2H3,(H2,22,28). The fourth-order valence-corrected chi connectivity index (χ4v) is 3.64. The summed E-state index contributed by atoms with van der Waals surface area (Å²) in [7, 11) is 0. The van der Waals surface area contributed by atoms with E-state index in [0.29, 0.717) is 5.69 Å². The first-order valence-corrected chi connectivity index (χ1v) is 9.95. The van der Waals surface area contributed by atoms with Crippen LogP contribution in [0.2, 0.25) is 0 Å². The predicted octanol–water partition coefficient (Wildman–Crippen LogP) is 2.58. The minimum absolute atomic E-state index is 0.0739. The van der Waals surface area contributed by atoms with Gasteiger partial charge in [0.25, 0.3) is 5.91 Å². The van der Waals surface area contributed by atoms with Crippen LogP contribution in [0.4, 0.5) is 4.39 Å². The van der Waals surface area contributed by atoms with Gasteiger partial charge >= 0.3 is 5.69 Å². The number of hydrogen-bond acceptors (Lipinski definition) is 7. The number of thiazole rings is 1. The topological polar surface area (TPSA) is 118 Å². The summed E-state index contributed by atoms with van der Waals surface area (Å²) in [6.07, 6.45) is 3.04. The maximum atomic E-state index is 14.7. The van der Waals surface area contributed by atoms with Crippen molar-refractivity contribution in [3.05, 3.63) is 81.1 Å². The lowest BCUT2D eigenvalue weighted by Crippen LogP contribution is -2.24. The number of nitrogens with zero attached hydrogens (tertiary/aromatic N) is 5. The smallest absolute Gasteiger partial charge is 0.350 e. The maximum absolute atomic E-state index is 14.7. The van der Waals surface area contributed by atoms with Gasteiger partial charge in [-0.05, 0) is 37.6 Å². The molecule has 0 aliphatic heterocycles. The third kappa shape index (κ3) is 4.08. The molecule has 0 fully saturated rings. The Hall–Kier alpha value is -3.86. The number of halogens is 1. The number of benzene rings is 1. The summed E-state index contributed by atoms with van der Waals surface area (Å²) in [4.78, 5) is 32.2. The van der Waals surface area contributed by atoms with Gasteiger partial charge in [0, 0.05) is 12.3 Å². The van der Waals surface area contributed by atoms with Crippen LogP contribution in [0, 0.1) is 19.7 Å². The van der Waals surface area contributed by atoms with Crippen molar-refractivity contribution in [1.82, 2.24) is 24.3 Å². The minimum atomic E-state index is -0.701. The summed E-state index contributed by atoms with van der Waals surface area (Å²) < 4.78 is 22.7. The molecule has 1 amide bonds. The van der Waals surface area contributed by atoms with Gasteiger partial charge in [-0.15, -0.1) is 0 Å². The van der Waals surface area contributed by atoms with Crippen LogP contribution in [0.25, 0.3) is 5.69 Å². The van der Waals surface area contributed by atoms with Crippen LogP contribution in [0.3, 0.4) is 0 Å². The van der Waals surface area contributed by atoms with Crippen LogP contribution in [-0.2, 0) is 6.54 Å². The number of carbonyl (C=O) groups is 1. The third-order valence-electron chi connectivity index (χ3n) is 4.50. The van der Waals surface area contributed by atoms with Gasteiger partial charge in [0.1, 0.15) is 6.33 Å². The SMILES string of the molecule is Cc1cccnc1Cn1cnn(-c2ccc(Oc3sc(C(N)=O)nc3C)c(F)c2)c1=O. The summed E-state index contributed by atoms with van der Waals surface area (Å²) >= 11 is 0.928. The summed E-state index contributed by atoms with van der Waals surface area (Å²) in [6, 6.07) is 7.76. The number of rotatable bonds is 6. The molecule has 0 spiro atoms. The second-order valence-electron chi connectivity index (χ2n) is 6.69. The van der Waals surface area contributed by atoms with Crippen molar-refractivity contribution >= 4 is 17.2 Å². The van der Waals surface area contributed by atoms with Crippen LogP contribution in [0.15, 0.2) is 47.7 Å². The van der Waals surface area contributed by atoms with Crippen molar-refractivity contribution in [3.63, 3.8) is 0 Å². The Balaban J connectivity index is 1.59. The van der Waals surface area contributed by atoms with Crippen LogP contribution in [0.1, 0.15) is 26.8 Å². The van der Waals surface area contributed by atoms with Gasteiger partial charge in [0.15, 0.2) is 16.6 Å². The number of hydrogen-bond donors (Lipinski definition) is 1. The van der Waals surface area contributed by atoms with Gasteiger partial charge in [-0.1, -0.05) is 17.4 Å². The zero-order chi connectivity index (χ0) is 22.1. The molecule has 3 aromatic heterocycles. The molecule has 31 heavy (non-hydrogen) atoms. The van der Waals surface area contributed by atoms with Crippen molar-refractivity contribution in [2.24, 2.45) is 5.73 Å². The van der Waals surface area contributed by atoms with E-state index in [0.717, 1.165) is 33.3 Å². The Morgan fingerprint density at radius 3 is 2.77 bits per heavy atom. The number of primary amides is 1. The highest BCUT2D eigenvalue weighted by Gasteiger charge is 2.17. The van der Waals surface area contributed by atoms with E-state index in [9.17, 15) is 14.0 Å². The molecule has 0 bridgehead atoms. The number of carbonyl (C=O) groups excluding carboxylic acids is 1. The number of ether oxygens (including phenoxy) is 1. The first-order chi connectivity index (χ1) is 14.8. The van der Waals surface area contributed by atoms with E-state index in [4.69, 9.17) is 10.5 Å². The Morgan fingerprint density at radius 1 is 1.29 bits per heavy atom. The maximum Gasteiger partial charge on any atom is 0.350 e. The number of aryl methyl sites for hydroxylation is 2. The molecule has 158 valence electrons. The summed E-state index contributed by atoms with van der Waals surface area (Å²) in [5.41, 5.74) is 7.14. The second-order valence-corrected chi connectivity index (χ2v) is 7.65. The first kappa shape index (κ1) is 20.4. The Bertz CT molecular complexity index is 1340. The first-order valence-electron chi connectivity index (χ1n) is 9.13. The molecule has 9 nitrogen and oxygen atoms in total. The van der Waals surface area contributed by atoms with Crippen molar-refractivity contribution in [2.75, 3.05) is 0 Å². The highest BCUT2D eigenvalue weighted by molar-refractivity contribution is 7.15. The molecule has 2 N–H and O–H groups in total. The molecule has 0 atom stereocenters. The fourth-order valence-electron chi connectivity index (χ4n) is 2.85. The molecular weight excluding hydrogens is 423 g/mol. The largest absolute Gasteiger partial charge is 0.442 e. The molecule has 1 aromatic carbocycles. The summed E-state index contributed by atoms with van der Waals surface area (Å²) in [5, 5.41) is 4.41. The van der Waals surface area contributed by atoms with Crippen LogP contribution in [0.5, 0.6) is 10.8 Å². The van der Waals surface area contributed by atoms with E-state index in [2.05, 4.69) is 15.1 Å². The number of aromatic nitrogens is 5. The molecule has 4 rings (SSSR count). The summed E-state index contributed by atoms with van der Waals surface area (Å²) in [5.74, 6) is -1.47. The van der Waals surface area contributed by atoms with E-state index in [1.54, 1.807) is 13.1 Å². The molecule has 0 unspecified atom stereocenters. The van der Waals surface area contributed by atoms with E-state index in [-0.39, 0.29) is 28.1 Å². The molecule has 0 saturated heterocycles. The van der Waals surface area contributed by atoms with Gasteiger partial charge in [0.2, 0.25) is 5.06 Å².